The van der Waals surface area contributed by atoms with Gasteiger partial charge >= 0.3 is 0 Å². The first-order chi connectivity index (χ1) is 8.65. The molecular formula is C12H12ClFN2O2. The molecule has 0 spiro atoms. The van der Waals surface area contributed by atoms with E-state index >= 15 is 0 Å². The van der Waals surface area contributed by atoms with Crippen LogP contribution in [0, 0.1) is 5.82 Å². The molecule has 6 heteroatoms. The summed E-state index contributed by atoms with van der Waals surface area (Å²) in [7, 11) is 1.41. The molecule has 4 nitrogen and oxygen atoms in total. The molecule has 0 fully saturated rings. The van der Waals surface area contributed by atoms with Gasteiger partial charge in [0.1, 0.15) is 11.8 Å². The van der Waals surface area contributed by atoms with E-state index in [1.807, 2.05) is 0 Å². The number of methoxy groups -OCH3 is 1. The number of rotatable bonds is 4. The van der Waals surface area contributed by atoms with Crippen molar-refractivity contribution in [2.24, 2.45) is 5.84 Å². The summed E-state index contributed by atoms with van der Waals surface area (Å²) in [5, 5.41) is 0.249. The highest BCUT2D eigenvalue weighted by Gasteiger charge is 2.18. The molecule has 2 aromatic rings. The average molecular weight is 271 g/mol. The SMILES string of the molecule is COc1ccc(C(NN)c2ccc(Cl)o2)cc1F. The van der Waals surface area contributed by atoms with E-state index < -0.39 is 11.9 Å². The van der Waals surface area contributed by atoms with Crippen molar-refractivity contribution in [1.29, 1.82) is 0 Å². The lowest BCUT2D eigenvalue weighted by Crippen LogP contribution is -2.28. The highest BCUT2D eigenvalue weighted by molar-refractivity contribution is 6.28. The van der Waals surface area contributed by atoms with E-state index in [1.165, 1.54) is 19.2 Å². The number of furan rings is 1. The normalized spacial score (nSPS) is 12.4. The fraction of sp³-hybridized carbons (Fsp3) is 0.167. The predicted molar refractivity (Wildman–Crippen MR) is 65.8 cm³/mol. The Labute approximate surface area is 108 Å². The molecule has 1 atom stereocenters. The van der Waals surface area contributed by atoms with Gasteiger partial charge in [0.15, 0.2) is 16.8 Å². The van der Waals surface area contributed by atoms with E-state index in [0.717, 1.165) is 0 Å². The zero-order chi connectivity index (χ0) is 13.1. The van der Waals surface area contributed by atoms with Crippen molar-refractivity contribution in [1.82, 2.24) is 5.43 Å². The summed E-state index contributed by atoms with van der Waals surface area (Å²) in [5.74, 6) is 5.67. The highest BCUT2D eigenvalue weighted by Crippen LogP contribution is 2.28. The van der Waals surface area contributed by atoms with Crippen LogP contribution in [0.4, 0.5) is 4.39 Å². The standard InChI is InChI=1S/C12H12ClFN2O2/c1-17-9-3-2-7(6-8(9)14)12(16-15)10-4-5-11(13)18-10/h2-6,12,16H,15H2,1H3. The largest absolute Gasteiger partial charge is 0.494 e. The Morgan fingerprint density at radius 3 is 2.67 bits per heavy atom. The Balaban J connectivity index is 2.36. The third-order valence-electron chi connectivity index (χ3n) is 2.55. The molecule has 3 N–H and O–H groups in total. The van der Waals surface area contributed by atoms with Gasteiger partial charge < -0.3 is 9.15 Å². The third-order valence-corrected chi connectivity index (χ3v) is 2.76. The van der Waals surface area contributed by atoms with Crippen LogP contribution in [0.1, 0.15) is 17.4 Å². The minimum atomic E-state index is -0.474. The van der Waals surface area contributed by atoms with E-state index in [0.29, 0.717) is 11.3 Å². The van der Waals surface area contributed by atoms with Gasteiger partial charge in [0.25, 0.3) is 0 Å². The van der Waals surface area contributed by atoms with Crippen molar-refractivity contribution in [2.45, 2.75) is 6.04 Å². The molecule has 18 heavy (non-hydrogen) atoms. The Morgan fingerprint density at radius 2 is 2.17 bits per heavy atom. The van der Waals surface area contributed by atoms with E-state index in [2.05, 4.69) is 5.43 Å². The Bertz CT molecular complexity index is 545. The molecule has 0 saturated carbocycles. The molecule has 1 aromatic carbocycles. The fourth-order valence-electron chi connectivity index (χ4n) is 1.69. The van der Waals surface area contributed by atoms with Gasteiger partial charge in [0.2, 0.25) is 0 Å². The molecule has 0 radical (unpaired) electrons. The van der Waals surface area contributed by atoms with E-state index in [4.69, 9.17) is 26.6 Å². The fourth-order valence-corrected chi connectivity index (χ4v) is 1.84. The first-order valence-electron chi connectivity index (χ1n) is 5.20. The van der Waals surface area contributed by atoms with E-state index in [-0.39, 0.29) is 11.0 Å². The number of hydrazine groups is 1. The number of halogens is 2. The second-order valence-corrected chi connectivity index (χ2v) is 4.01. The van der Waals surface area contributed by atoms with Crippen LogP contribution in [0.2, 0.25) is 5.22 Å². The first-order valence-corrected chi connectivity index (χ1v) is 5.58. The maximum atomic E-state index is 13.6. The van der Waals surface area contributed by atoms with Crippen LogP contribution in [-0.4, -0.2) is 7.11 Å². The molecule has 0 saturated heterocycles. The molecule has 1 heterocycles. The topological polar surface area (TPSA) is 60.4 Å². The van der Waals surface area contributed by atoms with Crippen molar-refractivity contribution >= 4 is 11.6 Å². The van der Waals surface area contributed by atoms with Crippen molar-refractivity contribution in [3.8, 4) is 5.75 Å². The molecular weight excluding hydrogens is 259 g/mol. The molecule has 0 aliphatic rings. The maximum absolute atomic E-state index is 13.6. The van der Waals surface area contributed by atoms with Crippen LogP contribution in [0.3, 0.4) is 0 Å². The van der Waals surface area contributed by atoms with Crippen LogP contribution in [0.25, 0.3) is 0 Å². The summed E-state index contributed by atoms with van der Waals surface area (Å²) in [6.07, 6.45) is 0. The summed E-state index contributed by atoms with van der Waals surface area (Å²) < 4.78 is 23.7. The van der Waals surface area contributed by atoms with Gasteiger partial charge in [-0.3, -0.25) is 5.84 Å². The van der Waals surface area contributed by atoms with Gasteiger partial charge in [-0.1, -0.05) is 6.07 Å². The number of ether oxygens (including phenoxy) is 1. The molecule has 0 amide bonds. The summed E-state index contributed by atoms with van der Waals surface area (Å²) in [5.41, 5.74) is 3.17. The van der Waals surface area contributed by atoms with Gasteiger partial charge in [0.05, 0.1) is 7.11 Å². The number of nitrogens with one attached hydrogen (secondary N) is 1. The molecule has 0 aliphatic carbocycles. The van der Waals surface area contributed by atoms with Crippen molar-refractivity contribution in [3.63, 3.8) is 0 Å². The van der Waals surface area contributed by atoms with Crippen molar-refractivity contribution < 1.29 is 13.5 Å². The number of hydrogen-bond donors (Lipinski definition) is 2. The molecule has 0 bridgehead atoms. The zero-order valence-corrected chi connectivity index (χ0v) is 10.4. The van der Waals surface area contributed by atoms with E-state index in [1.54, 1.807) is 18.2 Å². The minimum absolute atomic E-state index is 0.173. The number of hydrogen-bond acceptors (Lipinski definition) is 4. The first kappa shape index (κ1) is 12.9. The number of benzene rings is 1. The smallest absolute Gasteiger partial charge is 0.193 e. The second-order valence-electron chi connectivity index (χ2n) is 3.64. The lowest BCUT2D eigenvalue weighted by atomic mass is 10.0. The summed E-state index contributed by atoms with van der Waals surface area (Å²) >= 11 is 5.70. The average Bonchev–Trinajstić information content (AvgIpc) is 2.77. The van der Waals surface area contributed by atoms with E-state index in [9.17, 15) is 4.39 Å². The molecule has 96 valence electrons. The van der Waals surface area contributed by atoms with Gasteiger partial charge in [-0.25, -0.2) is 9.82 Å². The Morgan fingerprint density at radius 1 is 1.39 bits per heavy atom. The maximum Gasteiger partial charge on any atom is 0.193 e. The summed E-state index contributed by atoms with van der Waals surface area (Å²) in [6.45, 7) is 0. The second kappa shape index (κ2) is 5.39. The molecule has 2 rings (SSSR count). The highest BCUT2D eigenvalue weighted by atomic mass is 35.5. The van der Waals surface area contributed by atoms with Crippen LogP contribution in [0.15, 0.2) is 34.7 Å². The van der Waals surface area contributed by atoms with Crippen molar-refractivity contribution in [3.05, 3.63) is 52.7 Å². The quantitative estimate of drug-likeness (QED) is 0.662. The predicted octanol–water partition coefficient (Wildman–Crippen LogP) is 2.63. The molecule has 1 unspecified atom stereocenters. The Hall–Kier alpha value is -1.56. The lowest BCUT2D eigenvalue weighted by molar-refractivity contribution is 0.385. The van der Waals surface area contributed by atoms with Gasteiger partial charge in [-0.15, -0.1) is 0 Å². The minimum Gasteiger partial charge on any atom is -0.494 e. The van der Waals surface area contributed by atoms with Crippen molar-refractivity contribution in [2.75, 3.05) is 7.11 Å². The monoisotopic (exact) mass is 270 g/mol. The van der Waals surface area contributed by atoms with Crippen LogP contribution in [-0.2, 0) is 0 Å². The van der Waals surface area contributed by atoms with Gasteiger partial charge in [0, 0.05) is 0 Å². The van der Waals surface area contributed by atoms with Crippen LogP contribution < -0.4 is 16.0 Å². The summed E-state index contributed by atoms with van der Waals surface area (Å²) in [4.78, 5) is 0. The lowest BCUT2D eigenvalue weighted by Gasteiger charge is -2.14. The van der Waals surface area contributed by atoms with Crippen LogP contribution in [0.5, 0.6) is 5.75 Å². The third kappa shape index (κ3) is 2.48. The van der Waals surface area contributed by atoms with Gasteiger partial charge in [-0.2, -0.15) is 0 Å². The zero-order valence-electron chi connectivity index (χ0n) is 9.61. The van der Waals surface area contributed by atoms with Gasteiger partial charge in [-0.05, 0) is 41.4 Å². The molecule has 0 aliphatic heterocycles. The Kier molecular flexibility index (Phi) is 3.86. The molecule has 1 aromatic heterocycles. The van der Waals surface area contributed by atoms with Crippen LogP contribution >= 0.6 is 11.6 Å². The summed E-state index contributed by atoms with van der Waals surface area (Å²) in [6, 6.07) is 7.36. The number of nitrogens with two attached hydrogens (primary N) is 1.